The highest BCUT2D eigenvalue weighted by Gasteiger charge is 2.56. The van der Waals surface area contributed by atoms with Crippen molar-refractivity contribution in [3.05, 3.63) is 28.8 Å². The summed E-state index contributed by atoms with van der Waals surface area (Å²) in [5.74, 6) is 0.445. The summed E-state index contributed by atoms with van der Waals surface area (Å²) in [5.41, 5.74) is 2.75. The van der Waals surface area contributed by atoms with Gasteiger partial charge < -0.3 is 4.43 Å². The number of benzene rings is 1. The van der Waals surface area contributed by atoms with Crippen LogP contribution < -0.4 is 0 Å². The normalized spacial score (nSPS) is 23.3. The zero-order chi connectivity index (χ0) is 21.7. The van der Waals surface area contributed by atoms with Crippen LogP contribution in [0.5, 0.6) is 0 Å². The average Bonchev–Trinajstić information content (AvgIpc) is 3.15. The Labute approximate surface area is 173 Å². The first kappa shape index (κ1) is 23.6. The molecule has 1 unspecified atom stereocenters. The molecule has 3 atom stereocenters. The van der Waals surface area contributed by atoms with Gasteiger partial charge in [-0.05, 0) is 62.4 Å². The van der Waals surface area contributed by atoms with Gasteiger partial charge in [0.25, 0.3) is 0 Å². The number of nitrogens with zero attached hydrogens (tertiary/aromatic N) is 1. The highest BCUT2D eigenvalue weighted by atomic mass is 32.2. The molecule has 1 aromatic rings. The third-order valence-corrected chi connectivity index (χ3v) is 13.0. The van der Waals surface area contributed by atoms with Crippen LogP contribution in [0.1, 0.15) is 57.7 Å². The molecule has 0 aromatic heterocycles. The summed E-state index contributed by atoms with van der Waals surface area (Å²) in [4.78, 5) is 0.474. The van der Waals surface area contributed by atoms with Gasteiger partial charge in [-0.1, -0.05) is 52.3 Å². The van der Waals surface area contributed by atoms with Gasteiger partial charge >= 0.3 is 0 Å². The second kappa shape index (κ2) is 7.86. The summed E-state index contributed by atoms with van der Waals surface area (Å²) in [7, 11) is -5.44. The quantitative estimate of drug-likeness (QED) is 0.433. The van der Waals surface area contributed by atoms with Gasteiger partial charge in [-0.25, -0.2) is 8.42 Å². The van der Waals surface area contributed by atoms with Crippen LogP contribution in [0.15, 0.2) is 17.0 Å². The van der Waals surface area contributed by atoms with Crippen LogP contribution in [-0.4, -0.2) is 39.7 Å². The lowest BCUT2D eigenvalue weighted by molar-refractivity contribution is 0.280. The first-order valence-corrected chi connectivity index (χ1v) is 14.7. The Morgan fingerprint density at radius 3 is 2.00 bits per heavy atom. The van der Waals surface area contributed by atoms with Gasteiger partial charge in [0, 0.05) is 6.04 Å². The predicted octanol–water partition coefficient (Wildman–Crippen LogP) is 5.42. The Bertz CT molecular complexity index is 802. The van der Waals surface area contributed by atoms with Gasteiger partial charge in [0.2, 0.25) is 10.0 Å². The molecule has 28 heavy (non-hydrogen) atoms. The van der Waals surface area contributed by atoms with E-state index in [4.69, 9.17) is 4.43 Å². The Kier molecular flexibility index (Phi) is 6.62. The van der Waals surface area contributed by atoms with E-state index in [-0.39, 0.29) is 17.1 Å². The Hall–Kier alpha value is -0.693. The Morgan fingerprint density at radius 2 is 1.57 bits per heavy atom. The van der Waals surface area contributed by atoms with Crippen LogP contribution in [0.25, 0.3) is 0 Å². The number of aryl methyl sites for hydroxylation is 3. The van der Waals surface area contributed by atoms with Gasteiger partial charge in [-0.2, -0.15) is 4.31 Å². The molecule has 4 nitrogen and oxygen atoms in total. The van der Waals surface area contributed by atoms with E-state index in [1.165, 1.54) is 0 Å². The zero-order valence-electron chi connectivity index (χ0n) is 19.4. The fourth-order valence-electron chi connectivity index (χ4n) is 3.78. The van der Waals surface area contributed by atoms with Crippen molar-refractivity contribution in [3.63, 3.8) is 0 Å². The summed E-state index contributed by atoms with van der Waals surface area (Å²) in [5, 5.41) is 0.114. The van der Waals surface area contributed by atoms with Crippen molar-refractivity contribution in [2.45, 2.75) is 96.9 Å². The minimum Gasteiger partial charge on any atom is -0.415 e. The fraction of sp³-hybridized carbons (Fsp3) is 0.727. The number of hydrogen-bond acceptors (Lipinski definition) is 3. The molecule has 0 aliphatic carbocycles. The molecule has 2 rings (SSSR count). The maximum absolute atomic E-state index is 13.6. The highest BCUT2D eigenvalue weighted by molar-refractivity contribution is 7.89. The minimum absolute atomic E-state index is 0.0369. The van der Waals surface area contributed by atoms with Crippen molar-refractivity contribution < 1.29 is 12.8 Å². The topological polar surface area (TPSA) is 46.4 Å². The lowest BCUT2D eigenvalue weighted by atomic mass is 10.1. The van der Waals surface area contributed by atoms with Crippen LogP contribution in [0.3, 0.4) is 0 Å². The molecule has 1 aliphatic heterocycles. The summed E-state index contributed by atoms with van der Waals surface area (Å²) in [6.45, 7) is 21.7. The first-order chi connectivity index (χ1) is 12.6. The second-order valence-corrected chi connectivity index (χ2v) is 17.0. The SMILES string of the molecule is Cc1cc(C)c(S(=O)(=O)N2[C@H](CO[Si](C)(C)C(C)(C)C)[C@@H]2CC(C)C)c(C)c1. The van der Waals surface area contributed by atoms with Crippen molar-refractivity contribution in [2.75, 3.05) is 6.61 Å². The summed E-state index contributed by atoms with van der Waals surface area (Å²) in [6.07, 6.45) is 0.870. The average molecular weight is 426 g/mol. The molecule has 0 N–H and O–H groups in total. The molecular formula is C22H39NO3SSi. The van der Waals surface area contributed by atoms with Gasteiger partial charge in [0.1, 0.15) is 0 Å². The molecule has 1 saturated heterocycles. The van der Waals surface area contributed by atoms with E-state index in [9.17, 15) is 8.42 Å². The van der Waals surface area contributed by atoms with E-state index < -0.39 is 18.3 Å². The van der Waals surface area contributed by atoms with E-state index in [2.05, 4.69) is 47.7 Å². The van der Waals surface area contributed by atoms with E-state index in [1.807, 2.05) is 32.9 Å². The van der Waals surface area contributed by atoms with Crippen LogP contribution >= 0.6 is 0 Å². The predicted molar refractivity (Wildman–Crippen MR) is 120 cm³/mol. The molecule has 1 aliphatic rings. The molecule has 160 valence electrons. The minimum atomic E-state index is -3.52. The largest absolute Gasteiger partial charge is 0.415 e. The van der Waals surface area contributed by atoms with Crippen molar-refractivity contribution in [1.82, 2.24) is 4.31 Å². The standard InChI is InChI=1S/C22H39NO3SSi/c1-15(2)11-19-20(14-26-28(9,10)22(6,7)8)23(19)27(24,25)21-17(4)12-16(3)13-18(21)5/h12-13,15,19-20H,11,14H2,1-10H3/t19-,20+,23?/m0/s1. The van der Waals surface area contributed by atoms with Crippen LogP contribution in [0.2, 0.25) is 18.1 Å². The zero-order valence-corrected chi connectivity index (χ0v) is 21.2. The fourth-order valence-corrected chi connectivity index (χ4v) is 7.03. The van der Waals surface area contributed by atoms with Gasteiger partial charge in [-0.3, -0.25) is 0 Å². The molecule has 0 spiro atoms. The number of rotatable bonds is 7. The maximum Gasteiger partial charge on any atom is 0.244 e. The van der Waals surface area contributed by atoms with Crippen molar-refractivity contribution in [3.8, 4) is 0 Å². The van der Waals surface area contributed by atoms with Gasteiger partial charge in [-0.15, -0.1) is 0 Å². The second-order valence-electron chi connectivity index (χ2n) is 10.4. The third-order valence-electron chi connectivity index (χ3n) is 6.28. The molecule has 0 saturated carbocycles. The third kappa shape index (κ3) is 4.72. The Morgan fingerprint density at radius 1 is 1.07 bits per heavy atom. The first-order valence-electron chi connectivity index (χ1n) is 10.3. The smallest absolute Gasteiger partial charge is 0.244 e. The monoisotopic (exact) mass is 425 g/mol. The molecule has 0 amide bonds. The molecule has 6 heteroatoms. The molecule has 1 heterocycles. The van der Waals surface area contributed by atoms with Crippen molar-refractivity contribution >= 4 is 18.3 Å². The number of sulfonamides is 1. The van der Waals surface area contributed by atoms with Crippen LogP contribution in [0.4, 0.5) is 0 Å². The van der Waals surface area contributed by atoms with Gasteiger partial charge in [0.05, 0.1) is 17.5 Å². The lowest BCUT2D eigenvalue weighted by Crippen LogP contribution is -2.42. The summed E-state index contributed by atoms with van der Waals surface area (Å²) < 4.78 is 35.2. The maximum atomic E-state index is 13.6. The van der Waals surface area contributed by atoms with Crippen LogP contribution in [-0.2, 0) is 14.4 Å². The molecule has 1 aromatic carbocycles. The van der Waals surface area contributed by atoms with Gasteiger partial charge in [0.15, 0.2) is 8.32 Å². The lowest BCUT2D eigenvalue weighted by Gasteiger charge is -2.36. The molecule has 0 bridgehead atoms. The van der Waals surface area contributed by atoms with Crippen LogP contribution in [0, 0.1) is 26.7 Å². The summed E-state index contributed by atoms with van der Waals surface area (Å²) >= 11 is 0. The molecule has 1 fully saturated rings. The summed E-state index contributed by atoms with van der Waals surface area (Å²) in [6, 6.07) is 3.90. The molecular weight excluding hydrogens is 386 g/mol. The Balaban J connectivity index is 2.31. The van der Waals surface area contributed by atoms with E-state index >= 15 is 0 Å². The van der Waals surface area contributed by atoms with E-state index in [0.717, 1.165) is 23.1 Å². The van der Waals surface area contributed by atoms with Crippen molar-refractivity contribution in [1.29, 1.82) is 0 Å². The molecule has 0 radical (unpaired) electrons. The van der Waals surface area contributed by atoms with Crippen molar-refractivity contribution in [2.24, 2.45) is 5.92 Å². The van der Waals surface area contributed by atoms with E-state index in [0.29, 0.717) is 17.4 Å². The number of hydrogen-bond donors (Lipinski definition) is 0. The van der Waals surface area contributed by atoms with E-state index in [1.54, 1.807) is 4.31 Å². The highest BCUT2D eigenvalue weighted by Crippen LogP contribution is 2.43.